The van der Waals surface area contributed by atoms with Crippen molar-refractivity contribution in [2.45, 2.75) is 13.0 Å². The molecule has 0 fully saturated rings. The topological polar surface area (TPSA) is 55.6 Å². The van der Waals surface area contributed by atoms with Crippen molar-refractivity contribution in [3.05, 3.63) is 71.9 Å². The van der Waals surface area contributed by atoms with E-state index in [-0.39, 0.29) is 18.1 Å². The second-order valence-corrected chi connectivity index (χ2v) is 6.84. The highest BCUT2D eigenvalue weighted by Gasteiger charge is 2.13. The first-order valence-electron chi connectivity index (χ1n) is 8.44. The molecule has 2 aromatic heterocycles. The SMILES string of the molecule is O=C(Cc1csc2nc(-c3ccccc3)cn12)Nc1ccc(OC(F)F)cc1. The molecule has 2 heterocycles. The van der Waals surface area contributed by atoms with Crippen molar-refractivity contribution in [3.63, 3.8) is 0 Å². The van der Waals surface area contributed by atoms with E-state index < -0.39 is 6.61 Å². The van der Waals surface area contributed by atoms with E-state index in [1.54, 1.807) is 0 Å². The van der Waals surface area contributed by atoms with Crippen molar-refractivity contribution in [2.24, 2.45) is 0 Å². The zero-order chi connectivity index (χ0) is 19.5. The molecule has 0 saturated carbocycles. The molecule has 0 atom stereocenters. The zero-order valence-corrected chi connectivity index (χ0v) is 15.3. The van der Waals surface area contributed by atoms with E-state index in [9.17, 15) is 13.6 Å². The summed E-state index contributed by atoms with van der Waals surface area (Å²) >= 11 is 1.47. The second kappa shape index (κ2) is 7.77. The number of thiazole rings is 1. The molecule has 0 aliphatic rings. The largest absolute Gasteiger partial charge is 0.435 e. The van der Waals surface area contributed by atoms with Crippen molar-refractivity contribution in [2.75, 3.05) is 5.32 Å². The summed E-state index contributed by atoms with van der Waals surface area (Å²) in [6.07, 6.45) is 2.08. The number of hydrogen-bond acceptors (Lipinski definition) is 4. The van der Waals surface area contributed by atoms with Crippen LogP contribution in [0, 0.1) is 0 Å². The third-order valence-electron chi connectivity index (χ3n) is 4.06. The highest BCUT2D eigenvalue weighted by atomic mass is 32.1. The maximum atomic E-state index is 12.4. The van der Waals surface area contributed by atoms with Crippen LogP contribution in [0.25, 0.3) is 16.2 Å². The molecule has 1 N–H and O–H groups in total. The average molecular weight is 399 g/mol. The maximum absolute atomic E-state index is 12.4. The van der Waals surface area contributed by atoms with Crippen LogP contribution in [0.3, 0.4) is 0 Å². The Bertz CT molecular complexity index is 1090. The van der Waals surface area contributed by atoms with Crippen molar-refractivity contribution >= 4 is 27.9 Å². The molecule has 8 heteroatoms. The molecule has 4 rings (SSSR count). The Morgan fingerprint density at radius 2 is 1.89 bits per heavy atom. The third-order valence-corrected chi connectivity index (χ3v) is 4.95. The normalized spacial score (nSPS) is 11.1. The predicted molar refractivity (Wildman–Crippen MR) is 104 cm³/mol. The fourth-order valence-electron chi connectivity index (χ4n) is 2.79. The number of anilines is 1. The molecule has 0 spiro atoms. The Balaban J connectivity index is 1.46. The summed E-state index contributed by atoms with van der Waals surface area (Å²) in [5.41, 5.74) is 3.20. The van der Waals surface area contributed by atoms with Gasteiger partial charge in [-0.25, -0.2) is 4.98 Å². The monoisotopic (exact) mass is 399 g/mol. The van der Waals surface area contributed by atoms with Gasteiger partial charge >= 0.3 is 6.61 Å². The number of alkyl halides is 2. The fraction of sp³-hybridized carbons (Fsp3) is 0.100. The van der Waals surface area contributed by atoms with Gasteiger partial charge in [0, 0.05) is 28.5 Å². The van der Waals surface area contributed by atoms with Gasteiger partial charge in [-0.3, -0.25) is 9.20 Å². The van der Waals surface area contributed by atoms with Gasteiger partial charge < -0.3 is 10.1 Å². The molecule has 0 aliphatic heterocycles. The number of rotatable bonds is 6. The molecule has 0 bridgehead atoms. The molecule has 2 aromatic carbocycles. The van der Waals surface area contributed by atoms with Crippen LogP contribution in [0.15, 0.2) is 66.2 Å². The zero-order valence-electron chi connectivity index (χ0n) is 14.5. The molecule has 142 valence electrons. The van der Waals surface area contributed by atoms with Gasteiger partial charge in [0.2, 0.25) is 5.91 Å². The van der Waals surface area contributed by atoms with Crippen LogP contribution in [0.2, 0.25) is 0 Å². The van der Waals surface area contributed by atoms with Gasteiger partial charge in [0.1, 0.15) is 5.75 Å². The molecular formula is C20H15F2N3O2S. The van der Waals surface area contributed by atoms with E-state index in [0.717, 1.165) is 21.9 Å². The summed E-state index contributed by atoms with van der Waals surface area (Å²) in [7, 11) is 0. The molecular weight excluding hydrogens is 384 g/mol. The van der Waals surface area contributed by atoms with Crippen LogP contribution in [-0.2, 0) is 11.2 Å². The van der Waals surface area contributed by atoms with Crippen molar-refractivity contribution in [1.82, 2.24) is 9.38 Å². The molecule has 0 saturated heterocycles. The number of imidazole rings is 1. The van der Waals surface area contributed by atoms with Gasteiger partial charge in [-0.05, 0) is 24.3 Å². The molecule has 0 radical (unpaired) electrons. The van der Waals surface area contributed by atoms with Gasteiger partial charge in [-0.15, -0.1) is 11.3 Å². The number of hydrogen-bond donors (Lipinski definition) is 1. The minimum Gasteiger partial charge on any atom is -0.435 e. The van der Waals surface area contributed by atoms with Gasteiger partial charge in [0.05, 0.1) is 12.1 Å². The van der Waals surface area contributed by atoms with Crippen LogP contribution in [0.5, 0.6) is 5.75 Å². The van der Waals surface area contributed by atoms with Crippen LogP contribution >= 0.6 is 11.3 Å². The maximum Gasteiger partial charge on any atom is 0.387 e. The lowest BCUT2D eigenvalue weighted by Gasteiger charge is -2.07. The van der Waals surface area contributed by atoms with E-state index >= 15 is 0 Å². The van der Waals surface area contributed by atoms with Crippen LogP contribution in [0.1, 0.15) is 5.69 Å². The number of halogens is 2. The quantitative estimate of drug-likeness (QED) is 0.505. The van der Waals surface area contributed by atoms with E-state index in [1.807, 2.05) is 46.3 Å². The van der Waals surface area contributed by atoms with Gasteiger partial charge in [0.25, 0.3) is 0 Å². The van der Waals surface area contributed by atoms with E-state index in [2.05, 4.69) is 15.0 Å². The Morgan fingerprint density at radius 1 is 1.14 bits per heavy atom. The molecule has 0 aliphatic carbocycles. The fourth-order valence-corrected chi connectivity index (χ4v) is 3.67. The number of carbonyl (C=O) groups is 1. The van der Waals surface area contributed by atoms with E-state index in [1.165, 1.54) is 35.6 Å². The van der Waals surface area contributed by atoms with Crippen molar-refractivity contribution < 1.29 is 18.3 Å². The summed E-state index contributed by atoms with van der Waals surface area (Å²) < 4.78 is 30.6. The first-order chi connectivity index (χ1) is 13.6. The highest BCUT2D eigenvalue weighted by molar-refractivity contribution is 7.15. The Labute approximate surface area is 163 Å². The molecule has 1 amide bonds. The van der Waals surface area contributed by atoms with E-state index in [0.29, 0.717) is 5.69 Å². The second-order valence-electron chi connectivity index (χ2n) is 6.00. The summed E-state index contributed by atoms with van der Waals surface area (Å²) in [5.74, 6) is -0.170. The number of amides is 1. The standard InChI is InChI=1S/C20H15F2N3O2S/c21-19(22)27-16-8-6-14(7-9-16)23-18(26)10-15-12-28-20-24-17(11-25(15)20)13-4-2-1-3-5-13/h1-9,11-12,19H,10H2,(H,23,26). The molecule has 4 aromatic rings. The van der Waals surface area contributed by atoms with Gasteiger partial charge in [-0.2, -0.15) is 8.78 Å². The number of benzene rings is 2. The van der Waals surface area contributed by atoms with Crippen LogP contribution < -0.4 is 10.1 Å². The first kappa shape index (κ1) is 18.1. The summed E-state index contributed by atoms with van der Waals surface area (Å²) in [5, 5.41) is 4.65. The van der Waals surface area contributed by atoms with Gasteiger partial charge in [-0.1, -0.05) is 30.3 Å². The van der Waals surface area contributed by atoms with Crippen molar-refractivity contribution in [1.29, 1.82) is 0 Å². The first-order valence-corrected chi connectivity index (χ1v) is 9.32. The highest BCUT2D eigenvalue weighted by Crippen LogP contribution is 2.24. The molecule has 0 unspecified atom stereocenters. The number of fused-ring (bicyclic) bond motifs is 1. The minimum absolute atomic E-state index is 0.0411. The van der Waals surface area contributed by atoms with Gasteiger partial charge in [0.15, 0.2) is 4.96 Å². The number of carbonyl (C=O) groups excluding carboxylic acids is 1. The number of ether oxygens (including phenoxy) is 1. The number of nitrogens with one attached hydrogen (secondary N) is 1. The lowest BCUT2D eigenvalue weighted by atomic mass is 10.2. The Hall–Kier alpha value is -3.26. The summed E-state index contributed by atoms with van der Waals surface area (Å²) in [6, 6.07) is 15.6. The number of aromatic nitrogens is 2. The smallest absolute Gasteiger partial charge is 0.387 e. The van der Waals surface area contributed by atoms with Crippen molar-refractivity contribution in [3.8, 4) is 17.0 Å². The van der Waals surface area contributed by atoms with Crippen LogP contribution in [-0.4, -0.2) is 21.9 Å². The van der Waals surface area contributed by atoms with E-state index in [4.69, 9.17) is 0 Å². The Kier molecular flexibility index (Phi) is 5.03. The number of nitrogens with zero attached hydrogens (tertiary/aromatic N) is 2. The summed E-state index contributed by atoms with van der Waals surface area (Å²) in [6.45, 7) is -2.88. The molecule has 28 heavy (non-hydrogen) atoms. The summed E-state index contributed by atoms with van der Waals surface area (Å²) in [4.78, 5) is 17.8. The Morgan fingerprint density at radius 3 is 2.61 bits per heavy atom. The lowest BCUT2D eigenvalue weighted by Crippen LogP contribution is -2.15. The third kappa shape index (κ3) is 4.01. The lowest BCUT2D eigenvalue weighted by molar-refractivity contribution is -0.115. The minimum atomic E-state index is -2.88. The van der Waals surface area contributed by atoms with Crippen LogP contribution in [0.4, 0.5) is 14.5 Å². The molecule has 5 nitrogen and oxygen atoms in total. The predicted octanol–water partition coefficient (Wildman–Crippen LogP) is 4.85. The average Bonchev–Trinajstić information content (AvgIpc) is 3.26.